The molecule has 8 nitrogen and oxygen atoms in total. The highest BCUT2D eigenvalue weighted by Crippen LogP contribution is 2.48. The Hall–Kier alpha value is -3.80. The molecule has 5 rings (SSSR count). The Morgan fingerprint density at radius 3 is 2.15 bits per heavy atom. The van der Waals surface area contributed by atoms with Crippen LogP contribution >= 0.6 is 0 Å². The number of alkyl halides is 3. The average Bonchev–Trinajstić information content (AvgIpc) is 3.36. The number of aliphatic carboxylic acids is 1. The second-order valence-corrected chi connectivity index (χ2v) is 12.6. The van der Waals surface area contributed by atoms with Gasteiger partial charge in [0.15, 0.2) is 20.2 Å². The standard InChI is InChI=1S/C27H25F3N2O6S/c1-25(2,24(34)35)39(36,37)18-9-7-17(8-10-18)23(33)31-15-13-26(14-16-31)21-11-12-22(27(28,29)30)32(21)19-5-3-4-6-20(19)38-26/h3-12H,13-16H2,1-2H3,(H,34,35). The molecule has 206 valence electrons. The highest BCUT2D eigenvalue weighted by molar-refractivity contribution is 7.93. The number of nitrogens with zero attached hydrogens (tertiary/aromatic N) is 2. The number of ether oxygens (including phenoxy) is 1. The summed E-state index contributed by atoms with van der Waals surface area (Å²) in [5.41, 5.74) is -0.983. The van der Waals surface area contributed by atoms with E-state index in [0.717, 1.165) is 19.9 Å². The lowest BCUT2D eigenvalue weighted by Crippen LogP contribution is -2.50. The molecule has 1 spiro atoms. The van der Waals surface area contributed by atoms with Crippen molar-refractivity contribution in [2.75, 3.05) is 13.1 Å². The van der Waals surface area contributed by atoms with Gasteiger partial charge >= 0.3 is 12.1 Å². The number of benzene rings is 2. The van der Waals surface area contributed by atoms with Crippen molar-refractivity contribution in [3.63, 3.8) is 0 Å². The van der Waals surface area contributed by atoms with Crippen LogP contribution in [0.4, 0.5) is 13.2 Å². The van der Waals surface area contributed by atoms with Crippen molar-refractivity contribution < 1.29 is 41.0 Å². The Kier molecular flexibility index (Phi) is 6.09. The minimum absolute atomic E-state index is 0.194. The number of carbonyl (C=O) groups excluding carboxylic acids is 1. The third kappa shape index (κ3) is 4.17. The van der Waals surface area contributed by atoms with Crippen molar-refractivity contribution in [1.82, 2.24) is 9.47 Å². The van der Waals surface area contributed by atoms with E-state index in [-0.39, 0.29) is 42.3 Å². The first kappa shape index (κ1) is 26.8. The Labute approximate surface area is 222 Å². The van der Waals surface area contributed by atoms with E-state index in [4.69, 9.17) is 4.74 Å². The van der Waals surface area contributed by atoms with E-state index in [1.165, 1.54) is 39.8 Å². The minimum atomic E-state index is -4.57. The molecule has 39 heavy (non-hydrogen) atoms. The molecule has 2 aromatic carbocycles. The molecule has 0 radical (unpaired) electrons. The Morgan fingerprint density at radius 2 is 1.56 bits per heavy atom. The third-order valence-electron chi connectivity index (χ3n) is 7.51. The molecule has 1 fully saturated rings. The molecule has 0 atom stereocenters. The van der Waals surface area contributed by atoms with Gasteiger partial charge in [0.2, 0.25) is 0 Å². The van der Waals surface area contributed by atoms with Crippen molar-refractivity contribution >= 4 is 21.7 Å². The molecule has 1 amide bonds. The number of fused-ring (bicyclic) bond motifs is 4. The Morgan fingerprint density at radius 1 is 0.949 bits per heavy atom. The maximum atomic E-state index is 13.8. The van der Waals surface area contributed by atoms with Gasteiger partial charge in [-0.25, -0.2) is 8.42 Å². The number of carboxylic acids is 1. The van der Waals surface area contributed by atoms with E-state index in [1.54, 1.807) is 24.3 Å². The predicted molar refractivity (Wildman–Crippen MR) is 134 cm³/mol. The molecular weight excluding hydrogens is 537 g/mol. The van der Waals surface area contributed by atoms with Crippen LogP contribution in [0.5, 0.6) is 5.75 Å². The lowest BCUT2D eigenvalue weighted by atomic mass is 9.86. The fraction of sp³-hybridized carbons (Fsp3) is 0.333. The topological polar surface area (TPSA) is 106 Å². The molecule has 0 saturated carbocycles. The van der Waals surface area contributed by atoms with Gasteiger partial charge in [0.05, 0.1) is 16.3 Å². The maximum absolute atomic E-state index is 13.8. The van der Waals surface area contributed by atoms with E-state index in [9.17, 15) is 36.3 Å². The molecule has 12 heteroatoms. The number of hydrogen-bond acceptors (Lipinski definition) is 5. The van der Waals surface area contributed by atoms with Crippen molar-refractivity contribution in [1.29, 1.82) is 0 Å². The summed E-state index contributed by atoms with van der Waals surface area (Å²) in [5, 5.41) is 9.31. The number of hydrogen-bond donors (Lipinski definition) is 1. The third-order valence-corrected chi connectivity index (χ3v) is 9.92. The zero-order valence-corrected chi connectivity index (χ0v) is 21.8. The Bertz CT molecular complexity index is 1570. The molecule has 1 N–H and O–H groups in total. The molecule has 1 aromatic heterocycles. The number of para-hydroxylation sites is 2. The summed E-state index contributed by atoms with van der Waals surface area (Å²) in [6, 6.07) is 14.0. The molecule has 3 heterocycles. The van der Waals surface area contributed by atoms with Crippen LogP contribution in [0, 0.1) is 0 Å². The van der Waals surface area contributed by atoms with Gasteiger partial charge in [-0.1, -0.05) is 12.1 Å². The van der Waals surface area contributed by atoms with Gasteiger partial charge in [-0.2, -0.15) is 13.2 Å². The highest BCUT2D eigenvalue weighted by Gasteiger charge is 2.48. The predicted octanol–water partition coefficient (Wildman–Crippen LogP) is 4.66. The van der Waals surface area contributed by atoms with Gasteiger partial charge in [0, 0.05) is 31.5 Å². The van der Waals surface area contributed by atoms with Crippen LogP contribution in [0.15, 0.2) is 65.6 Å². The summed E-state index contributed by atoms with van der Waals surface area (Å²) in [5.74, 6) is -1.55. The first-order valence-corrected chi connectivity index (χ1v) is 13.6. The molecule has 0 bridgehead atoms. The van der Waals surface area contributed by atoms with Crippen LogP contribution in [-0.4, -0.2) is 52.7 Å². The summed E-state index contributed by atoms with van der Waals surface area (Å²) < 4.78 is 72.4. The number of piperidine rings is 1. The Balaban J connectivity index is 1.38. The molecule has 0 aliphatic carbocycles. The largest absolute Gasteiger partial charge is 0.480 e. The number of amides is 1. The van der Waals surface area contributed by atoms with E-state index in [0.29, 0.717) is 17.1 Å². The van der Waals surface area contributed by atoms with E-state index in [1.807, 2.05) is 0 Å². The van der Waals surface area contributed by atoms with Crippen LogP contribution in [-0.2, 0) is 26.4 Å². The second-order valence-electron chi connectivity index (χ2n) is 10.1. The van der Waals surface area contributed by atoms with Crippen molar-refractivity contribution in [3.05, 3.63) is 77.6 Å². The van der Waals surface area contributed by atoms with Crippen molar-refractivity contribution in [2.24, 2.45) is 0 Å². The fourth-order valence-electron chi connectivity index (χ4n) is 5.06. The molecule has 1 saturated heterocycles. The SMILES string of the molecule is CC(C)(C(=O)O)S(=O)(=O)c1ccc(C(=O)N2CCC3(CC2)Oc2ccccc2-n2c(C(F)(F)F)ccc23)cc1. The number of carboxylic acid groups (broad SMARTS) is 1. The summed E-state index contributed by atoms with van der Waals surface area (Å²) in [4.78, 5) is 26.0. The molecule has 3 aromatic rings. The van der Waals surface area contributed by atoms with Crippen LogP contribution in [0.2, 0.25) is 0 Å². The summed E-state index contributed by atoms with van der Waals surface area (Å²) in [7, 11) is -4.21. The lowest BCUT2D eigenvalue weighted by Gasteiger charge is -2.45. The molecule has 0 unspecified atom stereocenters. The molecule has 2 aliphatic rings. The van der Waals surface area contributed by atoms with Crippen LogP contribution in [0.3, 0.4) is 0 Å². The number of aromatic nitrogens is 1. The number of carbonyl (C=O) groups is 2. The monoisotopic (exact) mass is 562 g/mol. The summed E-state index contributed by atoms with van der Waals surface area (Å²) in [6.07, 6.45) is -4.08. The first-order valence-electron chi connectivity index (χ1n) is 12.1. The number of rotatable bonds is 4. The van der Waals surface area contributed by atoms with Gasteiger partial charge in [0.25, 0.3) is 5.91 Å². The number of sulfone groups is 1. The number of likely N-dealkylation sites (tertiary alicyclic amines) is 1. The average molecular weight is 563 g/mol. The van der Waals surface area contributed by atoms with E-state index >= 15 is 0 Å². The van der Waals surface area contributed by atoms with Crippen LogP contribution < -0.4 is 4.74 Å². The zero-order valence-electron chi connectivity index (χ0n) is 21.0. The number of halogens is 3. The molecular formula is C27H25F3N2O6S. The van der Waals surface area contributed by atoms with Gasteiger partial charge in [-0.15, -0.1) is 0 Å². The lowest BCUT2D eigenvalue weighted by molar-refractivity contribution is -0.143. The van der Waals surface area contributed by atoms with Gasteiger partial charge in [-0.3, -0.25) is 9.59 Å². The van der Waals surface area contributed by atoms with E-state index < -0.39 is 38.0 Å². The highest BCUT2D eigenvalue weighted by atomic mass is 32.2. The van der Waals surface area contributed by atoms with Crippen molar-refractivity contribution in [3.8, 4) is 11.4 Å². The normalized spacial score (nSPS) is 16.8. The summed E-state index contributed by atoms with van der Waals surface area (Å²) >= 11 is 0. The summed E-state index contributed by atoms with van der Waals surface area (Å²) in [6.45, 7) is 2.57. The second kappa shape index (κ2) is 8.87. The van der Waals surface area contributed by atoms with E-state index in [2.05, 4.69) is 0 Å². The smallest absolute Gasteiger partial charge is 0.431 e. The van der Waals surface area contributed by atoms with Gasteiger partial charge < -0.3 is 19.3 Å². The fourth-order valence-corrected chi connectivity index (χ4v) is 6.38. The minimum Gasteiger partial charge on any atom is -0.480 e. The van der Waals surface area contributed by atoms with Gasteiger partial charge in [0.1, 0.15) is 11.4 Å². The molecule has 2 aliphatic heterocycles. The first-order chi connectivity index (χ1) is 18.2. The maximum Gasteiger partial charge on any atom is 0.431 e. The van der Waals surface area contributed by atoms with Crippen LogP contribution in [0.25, 0.3) is 5.69 Å². The van der Waals surface area contributed by atoms with Gasteiger partial charge in [-0.05, 0) is 62.4 Å². The zero-order chi connectivity index (χ0) is 28.4. The quantitative estimate of drug-likeness (QED) is 0.496. The van der Waals surface area contributed by atoms with Crippen LogP contribution in [0.1, 0.15) is 48.4 Å². The van der Waals surface area contributed by atoms with Crippen molar-refractivity contribution in [2.45, 2.75) is 48.1 Å².